The first-order chi connectivity index (χ1) is 9.63. The van der Waals surface area contributed by atoms with E-state index in [1.165, 1.54) is 4.68 Å². The van der Waals surface area contributed by atoms with Gasteiger partial charge in [0.1, 0.15) is 0 Å². The molecular weight excluding hydrogens is 252 g/mol. The summed E-state index contributed by atoms with van der Waals surface area (Å²) in [6.45, 7) is 3.87. The van der Waals surface area contributed by atoms with Gasteiger partial charge in [0.05, 0.1) is 18.4 Å². The van der Waals surface area contributed by atoms with Gasteiger partial charge in [-0.25, -0.2) is 4.68 Å². The van der Waals surface area contributed by atoms with Crippen molar-refractivity contribution in [2.45, 2.75) is 20.0 Å². The van der Waals surface area contributed by atoms with Crippen LogP contribution in [0.5, 0.6) is 0 Å². The van der Waals surface area contributed by atoms with E-state index in [0.717, 1.165) is 23.4 Å². The van der Waals surface area contributed by atoms with E-state index in [4.69, 9.17) is 5.73 Å². The van der Waals surface area contributed by atoms with Crippen molar-refractivity contribution >= 4 is 5.69 Å². The first-order valence-corrected chi connectivity index (χ1v) is 6.70. The van der Waals surface area contributed by atoms with Crippen molar-refractivity contribution in [1.82, 2.24) is 9.78 Å². The van der Waals surface area contributed by atoms with Crippen LogP contribution in [-0.4, -0.2) is 23.4 Å². The molecule has 5 nitrogen and oxygen atoms in total. The normalized spacial score (nSPS) is 10.6. The molecule has 20 heavy (non-hydrogen) atoms. The highest BCUT2D eigenvalue weighted by Gasteiger charge is 2.04. The average molecular weight is 272 g/mol. The van der Waals surface area contributed by atoms with Gasteiger partial charge in [0.15, 0.2) is 0 Å². The highest BCUT2D eigenvalue weighted by molar-refractivity contribution is 5.41. The molecule has 2 aromatic rings. The number of nitrogens with two attached hydrogens (primary N) is 1. The molecule has 5 heteroatoms. The molecule has 0 aliphatic heterocycles. The molecule has 0 saturated carbocycles. The molecule has 1 aromatic heterocycles. The second-order valence-corrected chi connectivity index (χ2v) is 4.74. The zero-order valence-corrected chi connectivity index (χ0v) is 11.9. The van der Waals surface area contributed by atoms with Gasteiger partial charge >= 0.3 is 0 Å². The molecular formula is C15H20N4O. The van der Waals surface area contributed by atoms with Gasteiger partial charge < -0.3 is 10.6 Å². The summed E-state index contributed by atoms with van der Waals surface area (Å²) in [6, 6.07) is 9.51. The summed E-state index contributed by atoms with van der Waals surface area (Å²) >= 11 is 0. The van der Waals surface area contributed by atoms with Gasteiger partial charge in [-0.05, 0) is 18.1 Å². The fraction of sp³-hybridized carbons (Fsp3) is 0.333. The number of aromatic nitrogens is 2. The molecule has 0 radical (unpaired) electrons. The van der Waals surface area contributed by atoms with Crippen LogP contribution in [0, 0.1) is 0 Å². The Morgan fingerprint density at radius 3 is 2.45 bits per heavy atom. The molecule has 0 spiro atoms. The van der Waals surface area contributed by atoms with Gasteiger partial charge in [-0.2, -0.15) is 5.10 Å². The third kappa shape index (κ3) is 3.24. The summed E-state index contributed by atoms with van der Waals surface area (Å²) in [5.74, 6) is 0. The third-order valence-electron chi connectivity index (χ3n) is 3.36. The van der Waals surface area contributed by atoms with Crippen LogP contribution in [-0.2, 0) is 13.1 Å². The van der Waals surface area contributed by atoms with Crippen molar-refractivity contribution in [2.75, 3.05) is 18.5 Å². The van der Waals surface area contributed by atoms with Crippen LogP contribution < -0.4 is 16.2 Å². The maximum Gasteiger partial charge on any atom is 0.269 e. The van der Waals surface area contributed by atoms with Gasteiger partial charge in [-0.3, -0.25) is 4.79 Å². The number of hydrogen-bond donors (Lipinski definition) is 1. The molecule has 0 aliphatic carbocycles. The summed E-state index contributed by atoms with van der Waals surface area (Å²) in [6.07, 6.45) is 1.72. The zero-order chi connectivity index (χ0) is 14.5. The number of hydrogen-bond acceptors (Lipinski definition) is 4. The lowest BCUT2D eigenvalue weighted by molar-refractivity contribution is 0.637. The zero-order valence-electron chi connectivity index (χ0n) is 11.9. The molecule has 0 atom stereocenters. The number of rotatable bonds is 5. The Bertz CT molecular complexity index is 619. The second kappa shape index (κ2) is 6.34. The Kier molecular flexibility index (Phi) is 4.53. The first kappa shape index (κ1) is 14.3. The Morgan fingerprint density at radius 2 is 1.90 bits per heavy atom. The SMILES string of the molecule is CCN(C)c1cnn(Cc2ccc(CN)cc2)c(=O)c1. The molecule has 0 fully saturated rings. The lowest BCUT2D eigenvalue weighted by atomic mass is 10.1. The maximum atomic E-state index is 12.0. The van der Waals surface area contributed by atoms with E-state index in [1.807, 2.05) is 43.1 Å². The van der Waals surface area contributed by atoms with E-state index in [-0.39, 0.29) is 5.56 Å². The fourth-order valence-corrected chi connectivity index (χ4v) is 1.89. The van der Waals surface area contributed by atoms with Gasteiger partial charge in [-0.15, -0.1) is 0 Å². The quantitative estimate of drug-likeness (QED) is 0.888. The van der Waals surface area contributed by atoms with Crippen molar-refractivity contribution in [1.29, 1.82) is 0 Å². The van der Waals surface area contributed by atoms with Crippen molar-refractivity contribution in [3.05, 3.63) is 58.0 Å². The molecule has 0 unspecified atom stereocenters. The summed E-state index contributed by atoms with van der Waals surface area (Å²) in [5.41, 5.74) is 8.42. The lowest BCUT2D eigenvalue weighted by Crippen LogP contribution is -2.26. The Labute approximate surface area is 118 Å². The van der Waals surface area contributed by atoms with Gasteiger partial charge in [0, 0.05) is 26.2 Å². The van der Waals surface area contributed by atoms with Crippen molar-refractivity contribution in [3.63, 3.8) is 0 Å². The van der Waals surface area contributed by atoms with Gasteiger partial charge in [0.25, 0.3) is 5.56 Å². The molecule has 0 aliphatic rings. The molecule has 0 saturated heterocycles. The van der Waals surface area contributed by atoms with E-state index >= 15 is 0 Å². The Hall–Kier alpha value is -2.14. The third-order valence-corrected chi connectivity index (χ3v) is 3.36. The molecule has 0 bridgehead atoms. The maximum absolute atomic E-state index is 12.0. The topological polar surface area (TPSA) is 64.2 Å². The van der Waals surface area contributed by atoms with Crippen molar-refractivity contribution < 1.29 is 0 Å². The van der Waals surface area contributed by atoms with Crippen LogP contribution in [0.25, 0.3) is 0 Å². The van der Waals surface area contributed by atoms with E-state index in [9.17, 15) is 4.79 Å². The van der Waals surface area contributed by atoms with Gasteiger partial charge in [-0.1, -0.05) is 24.3 Å². The van der Waals surface area contributed by atoms with Crippen LogP contribution in [0.15, 0.2) is 41.3 Å². The van der Waals surface area contributed by atoms with Crippen molar-refractivity contribution in [3.8, 4) is 0 Å². The molecule has 2 N–H and O–H groups in total. The number of nitrogens with zero attached hydrogens (tertiary/aromatic N) is 3. The van der Waals surface area contributed by atoms with Crippen molar-refractivity contribution in [2.24, 2.45) is 5.73 Å². The standard InChI is InChI=1S/C15H20N4O/c1-3-18(2)14-8-15(20)19(17-10-14)11-13-6-4-12(9-16)5-7-13/h4-8,10H,3,9,11,16H2,1-2H3. The van der Waals surface area contributed by atoms with Gasteiger partial charge in [0.2, 0.25) is 0 Å². The van der Waals surface area contributed by atoms with E-state index in [0.29, 0.717) is 13.1 Å². The molecule has 1 aromatic carbocycles. The van der Waals surface area contributed by atoms with Crippen LogP contribution in [0.2, 0.25) is 0 Å². The minimum atomic E-state index is -0.0919. The summed E-state index contributed by atoms with van der Waals surface area (Å²) in [4.78, 5) is 14.0. The minimum absolute atomic E-state index is 0.0919. The number of anilines is 1. The summed E-state index contributed by atoms with van der Waals surface area (Å²) in [5, 5.41) is 4.22. The predicted molar refractivity (Wildman–Crippen MR) is 80.9 cm³/mol. The highest BCUT2D eigenvalue weighted by Crippen LogP contribution is 2.08. The molecule has 106 valence electrons. The second-order valence-electron chi connectivity index (χ2n) is 4.74. The molecule has 2 rings (SSSR count). The average Bonchev–Trinajstić information content (AvgIpc) is 2.49. The molecule has 1 heterocycles. The predicted octanol–water partition coefficient (Wildman–Crippen LogP) is 1.21. The Balaban J connectivity index is 2.19. The fourth-order valence-electron chi connectivity index (χ4n) is 1.89. The molecule has 0 amide bonds. The monoisotopic (exact) mass is 272 g/mol. The first-order valence-electron chi connectivity index (χ1n) is 6.70. The largest absolute Gasteiger partial charge is 0.373 e. The summed E-state index contributed by atoms with van der Waals surface area (Å²) < 4.78 is 1.46. The lowest BCUT2D eigenvalue weighted by Gasteiger charge is -2.16. The van der Waals surface area contributed by atoms with E-state index in [2.05, 4.69) is 5.10 Å². The van der Waals surface area contributed by atoms with Crippen LogP contribution in [0.1, 0.15) is 18.1 Å². The smallest absolute Gasteiger partial charge is 0.269 e. The van der Waals surface area contributed by atoms with Crippen LogP contribution >= 0.6 is 0 Å². The number of benzene rings is 1. The Morgan fingerprint density at radius 1 is 1.25 bits per heavy atom. The van der Waals surface area contributed by atoms with E-state index in [1.54, 1.807) is 12.3 Å². The highest BCUT2D eigenvalue weighted by atomic mass is 16.1. The summed E-state index contributed by atoms with van der Waals surface area (Å²) in [7, 11) is 1.94. The minimum Gasteiger partial charge on any atom is -0.373 e. The van der Waals surface area contributed by atoms with E-state index < -0.39 is 0 Å². The van der Waals surface area contributed by atoms with Crippen LogP contribution in [0.3, 0.4) is 0 Å². The van der Waals surface area contributed by atoms with Crippen LogP contribution in [0.4, 0.5) is 5.69 Å².